The normalized spacial score (nSPS) is 14.1. The Balaban J connectivity index is 1.78. The molecule has 0 radical (unpaired) electrons. The maximum Gasteiger partial charge on any atom is 0.326 e. The van der Waals surface area contributed by atoms with Crippen LogP contribution in [-0.2, 0) is 14.3 Å². The summed E-state index contributed by atoms with van der Waals surface area (Å²) in [5.41, 5.74) is 1.42. The smallest absolute Gasteiger partial charge is 0.326 e. The topological polar surface area (TPSA) is 75.7 Å². The summed E-state index contributed by atoms with van der Waals surface area (Å²) in [4.78, 5) is 36.1. The minimum absolute atomic E-state index is 0.130. The van der Waals surface area contributed by atoms with Crippen molar-refractivity contribution >= 4 is 46.2 Å². The molecule has 6 nitrogen and oxygen atoms in total. The van der Waals surface area contributed by atoms with Crippen molar-refractivity contribution < 1.29 is 19.1 Å². The van der Waals surface area contributed by atoms with E-state index in [1.54, 1.807) is 18.2 Å². The van der Waals surface area contributed by atoms with Crippen molar-refractivity contribution in [1.82, 2.24) is 4.90 Å². The highest BCUT2D eigenvalue weighted by molar-refractivity contribution is 8.13. The first-order valence-corrected chi connectivity index (χ1v) is 7.95. The number of thioether (sulfide) groups is 1. The number of carbonyl (C=O) groups excluding carboxylic acids is 3. The van der Waals surface area contributed by atoms with Crippen LogP contribution in [-0.4, -0.2) is 47.5 Å². The quantitative estimate of drug-likeness (QED) is 0.831. The molecule has 0 saturated carbocycles. The van der Waals surface area contributed by atoms with Gasteiger partial charge in [-0.25, -0.2) is 0 Å². The SMILES string of the molecule is Cc1ccc(Cl)cc1NC(=O)COC(=O)CN1CCSC1=O. The van der Waals surface area contributed by atoms with E-state index < -0.39 is 18.5 Å². The number of hydrogen-bond donors (Lipinski definition) is 1. The molecule has 1 aromatic carbocycles. The van der Waals surface area contributed by atoms with Gasteiger partial charge < -0.3 is 15.0 Å². The second-order valence-electron chi connectivity index (χ2n) is 4.70. The van der Waals surface area contributed by atoms with E-state index in [1.807, 2.05) is 6.92 Å². The summed E-state index contributed by atoms with van der Waals surface area (Å²) in [6.45, 7) is 1.82. The predicted molar refractivity (Wildman–Crippen MR) is 85.2 cm³/mol. The van der Waals surface area contributed by atoms with E-state index in [1.165, 1.54) is 4.90 Å². The van der Waals surface area contributed by atoms with Crippen LogP contribution in [0.5, 0.6) is 0 Å². The van der Waals surface area contributed by atoms with Gasteiger partial charge in [0.25, 0.3) is 11.1 Å². The number of amides is 2. The second-order valence-corrected chi connectivity index (χ2v) is 6.19. The van der Waals surface area contributed by atoms with E-state index in [9.17, 15) is 14.4 Å². The molecule has 2 amide bonds. The number of benzene rings is 1. The zero-order chi connectivity index (χ0) is 16.1. The Hall–Kier alpha value is -1.73. The van der Waals surface area contributed by atoms with Crippen LogP contribution in [0.1, 0.15) is 5.56 Å². The number of halogens is 1. The Kier molecular flexibility index (Phi) is 5.68. The predicted octanol–water partition coefficient (Wildman–Crippen LogP) is 2.30. The van der Waals surface area contributed by atoms with Crippen molar-refractivity contribution in [2.75, 3.05) is 30.8 Å². The van der Waals surface area contributed by atoms with Crippen LogP contribution >= 0.6 is 23.4 Å². The Morgan fingerprint density at radius 2 is 2.23 bits per heavy atom. The average Bonchev–Trinajstić information content (AvgIpc) is 2.86. The van der Waals surface area contributed by atoms with Crippen molar-refractivity contribution in [2.45, 2.75) is 6.92 Å². The summed E-state index contributed by atoms with van der Waals surface area (Å²) in [6, 6.07) is 5.12. The average molecular weight is 343 g/mol. The van der Waals surface area contributed by atoms with E-state index in [0.717, 1.165) is 17.3 Å². The lowest BCUT2D eigenvalue weighted by molar-refractivity contribution is -0.147. The molecule has 1 aliphatic rings. The van der Waals surface area contributed by atoms with Crippen LogP contribution in [0.2, 0.25) is 5.02 Å². The summed E-state index contributed by atoms with van der Waals surface area (Å²) >= 11 is 7.02. The van der Waals surface area contributed by atoms with Crippen molar-refractivity contribution in [3.63, 3.8) is 0 Å². The van der Waals surface area contributed by atoms with Gasteiger partial charge in [0.05, 0.1) is 0 Å². The molecule has 1 aromatic rings. The Bertz CT molecular complexity index is 609. The molecule has 22 heavy (non-hydrogen) atoms. The monoisotopic (exact) mass is 342 g/mol. The summed E-state index contributed by atoms with van der Waals surface area (Å²) in [6.07, 6.45) is 0. The van der Waals surface area contributed by atoms with Crippen molar-refractivity contribution in [3.05, 3.63) is 28.8 Å². The molecule has 0 aliphatic carbocycles. The van der Waals surface area contributed by atoms with E-state index in [0.29, 0.717) is 23.0 Å². The fourth-order valence-electron chi connectivity index (χ4n) is 1.83. The van der Waals surface area contributed by atoms with Gasteiger partial charge in [-0.1, -0.05) is 29.4 Å². The molecule has 118 valence electrons. The third-order valence-corrected chi connectivity index (χ3v) is 4.13. The summed E-state index contributed by atoms with van der Waals surface area (Å²) in [7, 11) is 0. The van der Waals surface area contributed by atoms with E-state index in [2.05, 4.69) is 5.32 Å². The first-order chi connectivity index (χ1) is 10.5. The van der Waals surface area contributed by atoms with E-state index in [4.69, 9.17) is 16.3 Å². The number of nitrogens with one attached hydrogen (secondary N) is 1. The lowest BCUT2D eigenvalue weighted by Crippen LogP contribution is -2.32. The number of anilines is 1. The fourth-order valence-corrected chi connectivity index (χ4v) is 2.83. The molecule has 1 fully saturated rings. The highest BCUT2D eigenvalue weighted by Gasteiger charge is 2.24. The van der Waals surface area contributed by atoms with Gasteiger partial charge >= 0.3 is 5.97 Å². The van der Waals surface area contributed by atoms with Crippen LogP contribution < -0.4 is 5.32 Å². The molecule has 0 aromatic heterocycles. The number of esters is 1. The molecule has 8 heteroatoms. The molecule has 0 atom stereocenters. The third-order valence-electron chi connectivity index (χ3n) is 3.00. The third kappa shape index (κ3) is 4.64. The molecular weight excluding hydrogens is 328 g/mol. The zero-order valence-corrected chi connectivity index (χ0v) is 13.5. The van der Waals surface area contributed by atoms with Gasteiger partial charge in [0, 0.05) is 23.0 Å². The highest BCUT2D eigenvalue weighted by atomic mass is 35.5. The minimum Gasteiger partial charge on any atom is -0.454 e. The summed E-state index contributed by atoms with van der Waals surface area (Å²) in [5, 5.41) is 2.98. The number of ether oxygens (including phenoxy) is 1. The molecule has 0 bridgehead atoms. The van der Waals surface area contributed by atoms with Crippen LogP contribution in [0, 0.1) is 6.92 Å². The lowest BCUT2D eigenvalue weighted by Gasteiger charge is -2.13. The minimum atomic E-state index is -0.603. The van der Waals surface area contributed by atoms with Crippen LogP contribution in [0.15, 0.2) is 18.2 Å². The fraction of sp³-hybridized carbons (Fsp3) is 0.357. The van der Waals surface area contributed by atoms with Gasteiger partial charge in [-0.3, -0.25) is 14.4 Å². The lowest BCUT2D eigenvalue weighted by atomic mass is 10.2. The Morgan fingerprint density at radius 1 is 1.45 bits per heavy atom. The van der Waals surface area contributed by atoms with E-state index in [-0.39, 0.29) is 11.8 Å². The number of carbonyl (C=O) groups is 3. The zero-order valence-electron chi connectivity index (χ0n) is 11.9. The molecule has 1 saturated heterocycles. The number of nitrogens with zero attached hydrogens (tertiary/aromatic N) is 1. The second kappa shape index (κ2) is 7.51. The van der Waals surface area contributed by atoms with Gasteiger partial charge in [-0.15, -0.1) is 0 Å². The van der Waals surface area contributed by atoms with Crippen molar-refractivity contribution in [2.24, 2.45) is 0 Å². The molecular formula is C14H15ClN2O4S. The summed E-state index contributed by atoms with van der Waals surface area (Å²) in [5.74, 6) is -0.393. The van der Waals surface area contributed by atoms with Gasteiger partial charge in [0.1, 0.15) is 6.54 Å². The van der Waals surface area contributed by atoms with Crippen LogP contribution in [0.25, 0.3) is 0 Å². The van der Waals surface area contributed by atoms with Gasteiger partial charge in [0.2, 0.25) is 0 Å². The molecule has 0 spiro atoms. The van der Waals surface area contributed by atoms with Crippen molar-refractivity contribution in [1.29, 1.82) is 0 Å². The summed E-state index contributed by atoms with van der Waals surface area (Å²) < 4.78 is 4.87. The van der Waals surface area contributed by atoms with Gasteiger partial charge in [-0.2, -0.15) is 0 Å². The van der Waals surface area contributed by atoms with E-state index >= 15 is 0 Å². The first-order valence-electron chi connectivity index (χ1n) is 6.59. The maximum absolute atomic E-state index is 11.8. The van der Waals surface area contributed by atoms with Crippen LogP contribution in [0.4, 0.5) is 10.5 Å². The molecule has 2 rings (SSSR count). The first kappa shape index (κ1) is 16.6. The maximum atomic E-state index is 11.8. The number of aryl methyl sites for hydroxylation is 1. The largest absolute Gasteiger partial charge is 0.454 e. The molecule has 1 heterocycles. The number of rotatable bonds is 5. The van der Waals surface area contributed by atoms with Gasteiger partial charge in [0.15, 0.2) is 6.61 Å². The number of hydrogen-bond acceptors (Lipinski definition) is 5. The van der Waals surface area contributed by atoms with Crippen molar-refractivity contribution in [3.8, 4) is 0 Å². The Labute approximate surface area is 137 Å². The molecule has 0 unspecified atom stereocenters. The van der Waals surface area contributed by atoms with Gasteiger partial charge in [-0.05, 0) is 24.6 Å². The Morgan fingerprint density at radius 3 is 2.91 bits per heavy atom. The van der Waals surface area contributed by atoms with Crippen LogP contribution in [0.3, 0.4) is 0 Å². The highest BCUT2D eigenvalue weighted by Crippen LogP contribution is 2.20. The molecule has 1 aliphatic heterocycles. The standard InChI is InChI=1S/C14H15ClN2O4S/c1-9-2-3-10(15)6-11(9)16-12(18)8-21-13(19)7-17-4-5-22-14(17)20/h2-3,6H,4-5,7-8H2,1H3,(H,16,18). The molecule has 1 N–H and O–H groups in total.